The summed E-state index contributed by atoms with van der Waals surface area (Å²) in [5.74, 6) is -3.86. The molecule has 1 N–H and O–H groups in total. The van der Waals surface area contributed by atoms with Gasteiger partial charge in [-0.3, -0.25) is 0 Å². The zero-order valence-corrected chi connectivity index (χ0v) is 13.6. The van der Waals surface area contributed by atoms with E-state index in [1.165, 1.54) is 29.2 Å². The number of hydrogen-bond acceptors (Lipinski definition) is 2. The molecule has 1 heterocycles. The zero-order valence-electron chi connectivity index (χ0n) is 12.0. The number of fused-ring (bicyclic) bond motifs is 1. The van der Waals surface area contributed by atoms with Crippen LogP contribution >= 0.6 is 11.6 Å². The molecule has 1 aromatic heterocycles. The molecule has 23 heavy (non-hydrogen) atoms. The lowest BCUT2D eigenvalue weighted by atomic mass is 9.91. The van der Waals surface area contributed by atoms with Crippen molar-refractivity contribution in [2.75, 3.05) is 6.26 Å². The highest BCUT2D eigenvalue weighted by molar-refractivity contribution is 7.90. The average Bonchev–Trinajstić information content (AvgIpc) is 2.82. The van der Waals surface area contributed by atoms with Crippen molar-refractivity contribution in [3.8, 4) is 5.69 Å². The van der Waals surface area contributed by atoms with E-state index in [4.69, 9.17) is 11.6 Å². The third-order valence-electron chi connectivity index (χ3n) is 3.92. The summed E-state index contributed by atoms with van der Waals surface area (Å²) >= 11 is 4.27. The summed E-state index contributed by atoms with van der Waals surface area (Å²) in [6.07, 6.45) is 0.152. The van der Waals surface area contributed by atoms with Gasteiger partial charge in [-0.1, -0.05) is 11.6 Å². The quantitative estimate of drug-likeness (QED) is 0.828. The Bertz CT molecular complexity index is 743. The molecule has 3 nitrogen and oxygen atoms in total. The van der Waals surface area contributed by atoms with Crippen molar-refractivity contribution >= 4 is 22.8 Å². The van der Waals surface area contributed by atoms with Crippen molar-refractivity contribution in [1.29, 1.82) is 0 Å². The van der Waals surface area contributed by atoms with Crippen molar-refractivity contribution < 1.29 is 22.8 Å². The van der Waals surface area contributed by atoms with Gasteiger partial charge >= 0.3 is 0 Å². The monoisotopic (exact) mass is 363 g/mol. The fourth-order valence-corrected chi connectivity index (χ4v) is 3.86. The van der Waals surface area contributed by atoms with Gasteiger partial charge in [0.15, 0.2) is 4.90 Å². The molecular formula is C15H13ClF3NO2S. The average molecular weight is 364 g/mol. The van der Waals surface area contributed by atoms with E-state index in [9.17, 15) is 22.8 Å². The summed E-state index contributed by atoms with van der Waals surface area (Å²) in [4.78, 5) is 0.118. The molecule has 3 rings (SSSR count). The fourth-order valence-electron chi connectivity index (χ4n) is 2.86. The molecule has 0 saturated carbocycles. The smallest absolute Gasteiger partial charge is 0.278 e. The molecule has 0 bridgehead atoms. The maximum Gasteiger partial charge on any atom is 0.278 e. The van der Waals surface area contributed by atoms with Crippen LogP contribution in [0.15, 0.2) is 29.3 Å². The highest BCUT2D eigenvalue weighted by Crippen LogP contribution is 2.45. The minimum Gasteiger partial charge on any atom is -0.612 e. The van der Waals surface area contributed by atoms with Crippen LogP contribution in [0.2, 0.25) is 5.02 Å². The predicted octanol–water partition coefficient (Wildman–Crippen LogP) is 3.62. The van der Waals surface area contributed by atoms with Gasteiger partial charge in [0.1, 0.15) is 18.2 Å². The van der Waals surface area contributed by atoms with Crippen LogP contribution in [-0.4, -0.2) is 26.4 Å². The van der Waals surface area contributed by atoms with Gasteiger partial charge in [-0.05, 0) is 35.8 Å². The summed E-state index contributed by atoms with van der Waals surface area (Å²) in [5, 5.41) is 10.1. The van der Waals surface area contributed by atoms with E-state index in [-0.39, 0.29) is 21.9 Å². The van der Waals surface area contributed by atoms with E-state index in [0.29, 0.717) is 11.4 Å². The number of aliphatic hydroxyl groups is 1. The minimum absolute atomic E-state index is 0.0231. The first-order valence-electron chi connectivity index (χ1n) is 6.80. The molecule has 0 radical (unpaired) electrons. The number of halogens is 4. The van der Waals surface area contributed by atoms with Gasteiger partial charge in [0.25, 0.3) is 5.92 Å². The highest BCUT2D eigenvalue weighted by Gasteiger charge is 2.47. The molecule has 8 heteroatoms. The van der Waals surface area contributed by atoms with Crippen LogP contribution in [0.1, 0.15) is 23.8 Å². The van der Waals surface area contributed by atoms with Crippen molar-refractivity contribution in [2.45, 2.75) is 29.8 Å². The Morgan fingerprint density at radius 3 is 2.70 bits per heavy atom. The summed E-state index contributed by atoms with van der Waals surface area (Å²) in [5.41, 5.74) is 0.693. The van der Waals surface area contributed by atoms with E-state index in [2.05, 4.69) is 0 Å². The third kappa shape index (κ3) is 2.87. The Kier molecular flexibility index (Phi) is 4.16. The SMILES string of the molecule is C[S@+]([O-])c1cn(-c2cc(F)cc(Cl)c2)c2c1C(O)C(F)(F)CC2. The number of hydrogen-bond donors (Lipinski definition) is 1. The zero-order chi connectivity index (χ0) is 16.9. The lowest BCUT2D eigenvalue weighted by molar-refractivity contribution is -0.123. The lowest BCUT2D eigenvalue weighted by Gasteiger charge is -2.28. The summed E-state index contributed by atoms with van der Waals surface area (Å²) in [6, 6.07) is 3.81. The minimum atomic E-state index is -3.28. The first-order chi connectivity index (χ1) is 10.7. The predicted molar refractivity (Wildman–Crippen MR) is 81.3 cm³/mol. The summed E-state index contributed by atoms with van der Waals surface area (Å²) < 4.78 is 54.6. The number of benzene rings is 1. The number of rotatable bonds is 2. The third-order valence-corrected chi connectivity index (χ3v) is 5.08. The Balaban J connectivity index is 2.23. The van der Waals surface area contributed by atoms with Crippen LogP contribution < -0.4 is 0 Å². The van der Waals surface area contributed by atoms with Crippen molar-refractivity contribution in [1.82, 2.24) is 4.57 Å². The number of alkyl halides is 2. The molecule has 2 atom stereocenters. The Labute approximate surface area is 138 Å². The fraction of sp³-hybridized carbons (Fsp3) is 0.333. The number of nitrogens with zero attached hydrogens (tertiary/aromatic N) is 1. The van der Waals surface area contributed by atoms with Crippen molar-refractivity contribution in [2.24, 2.45) is 0 Å². The van der Waals surface area contributed by atoms with Crippen LogP contribution in [0.3, 0.4) is 0 Å². The maximum atomic E-state index is 13.8. The van der Waals surface area contributed by atoms with Crippen molar-refractivity contribution in [3.05, 3.63) is 46.5 Å². The van der Waals surface area contributed by atoms with Crippen LogP contribution in [0.5, 0.6) is 0 Å². The molecule has 2 aromatic rings. The topological polar surface area (TPSA) is 48.2 Å². The Morgan fingerprint density at radius 2 is 2.09 bits per heavy atom. The van der Waals surface area contributed by atoms with E-state index < -0.39 is 35.4 Å². The van der Waals surface area contributed by atoms with Gasteiger partial charge in [0, 0.05) is 22.8 Å². The molecule has 1 aromatic carbocycles. The highest BCUT2D eigenvalue weighted by atomic mass is 35.5. The second kappa shape index (κ2) is 5.73. The Morgan fingerprint density at radius 1 is 1.39 bits per heavy atom. The van der Waals surface area contributed by atoms with E-state index in [1.807, 2.05) is 0 Å². The molecule has 1 aliphatic carbocycles. The molecule has 0 amide bonds. The largest absolute Gasteiger partial charge is 0.612 e. The maximum absolute atomic E-state index is 13.8. The molecule has 0 saturated heterocycles. The van der Waals surface area contributed by atoms with Crippen LogP contribution in [-0.2, 0) is 17.6 Å². The van der Waals surface area contributed by atoms with Gasteiger partial charge in [-0.25, -0.2) is 13.2 Å². The first-order valence-corrected chi connectivity index (χ1v) is 8.74. The van der Waals surface area contributed by atoms with Crippen LogP contribution in [0.25, 0.3) is 5.69 Å². The van der Waals surface area contributed by atoms with Crippen LogP contribution in [0.4, 0.5) is 13.2 Å². The standard InChI is InChI=1S/C15H13ClF3NO2S/c1-23(22)12-7-20(10-5-8(16)4-9(17)6-10)11-2-3-15(18,19)14(21)13(11)12/h4-7,14,21H,2-3H2,1H3/t14?,23-/m0/s1. The molecule has 124 valence electrons. The van der Waals surface area contributed by atoms with Gasteiger partial charge < -0.3 is 14.2 Å². The lowest BCUT2D eigenvalue weighted by Crippen LogP contribution is -2.32. The van der Waals surface area contributed by atoms with E-state index in [1.54, 1.807) is 0 Å². The van der Waals surface area contributed by atoms with Gasteiger partial charge in [-0.2, -0.15) is 0 Å². The van der Waals surface area contributed by atoms with Crippen LogP contribution in [0, 0.1) is 5.82 Å². The van der Waals surface area contributed by atoms with Gasteiger partial charge in [0.2, 0.25) is 0 Å². The van der Waals surface area contributed by atoms with E-state index >= 15 is 0 Å². The second-order valence-electron chi connectivity index (χ2n) is 5.47. The first kappa shape index (κ1) is 16.7. The van der Waals surface area contributed by atoms with E-state index in [0.717, 1.165) is 6.07 Å². The second-order valence-corrected chi connectivity index (χ2v) is 7.25. The molecule has 0 spiro atoms. The normalized spacial score (nSPS) is 21.1. The molecule has 0 fully saturated rings. The number of aliphatic hydroxyl groups excluding tert-OH is 1. The van der Waals surface area contributed by atoms with Gasteiger partial charge in [-0.15, -0.1) is 0 Å². The van der Waals surface area contributed by atoms with Gasteiger partial charge in [0.05, 0.1) is 11.8 Å². The summed E-state index contributed by atoms with van der Waals surface area (Å²) in [7, 11) is 0. The Hall–Kier alpha value is -1.15. The molecule has 1 aliphatic rings. The number of aromatic nitrogens is 1. The van der Waals surface area contributed by atoms with Crippen molar-refractivity contribution in [3.63, 3.8) is 0 Å². The molecule has 0 aliphatic heterocycles. The molecular weight excluding hydrogens is 351 g/mol. The molecule has 1 unspecified atom stereocenters. The summed E-state index contributed by atoms with van der Waals surface area (Å²) in [6.45, 7) is 0.